The molecule has 0 aliphatic heterocycles. The molecule has 3 aromatic rings. The highest BCUT2D eigenvalue weighted by atomic mass is 19.4. The minimum atomic E-state index is -4.58. The van der Waals surface area contributed by atoms with Crippen LogP contribution in [0.15, 0.2) is 55.1 Å². The molecule has 0 fully saturated rings. The summed E-state index contributed by atoms with van der Waals surface area (Å²) in [4.78, 5) is 4.60. The first-order chi connectivity index (χ1) is 13.4. The van der Waals surface area contributed by atoms with Crippen LogP contribution in [0.5, 0.6) is 5.75 Å². The van der Waals surface area contributed by atoms with Gasteiger partial charge in [-0.2, -0.15) is 18.4 Å². The number of aromatic nitrogens is 2. The van der Waals surface area contributed by atoms with E-state index < -0.39 is 11.7 Å². The Kier molecular flexibility index (Phi) is 5.69. The molecule has 0 N–H and O–H groups in total. The van der Waals surface area contributed by atoms with Gasteiger partial charge < -0.3 is 9.30 Å². The van der Waals surface area contributed by atoms with Crippen LogP contribution in [0.3, 0.4) is 0 Å². The summed E-state index contributed by atoms with van der Waals surface area (Å²) in [5.41, 5.74) is 0.861. The molecule has 0 saturated carbocycles. The van der Waals surface area contributed by atoms with Gasteiger partial charge in [0.15, 0.2) is 0 Å². The number of hydrogen-bond donors (Lipinski definition) is 0. The zero-order chi connectivity index (χ0) is 20.1. The van der Waals surface area contributed by atoms with Gasteiger partial charge in [-0.1, -0.05) is 18.2 Å². The molecular formula is C21H18F3N3O. The molecule has 3 rings (SSSR count). The van der Waals surface area contributed by atoms with Gasteiger partial charge >= 0.3 is 6.18 Å². The van der Waals surface area contributed by atoms with E-state index in [1.165, 1.54) is 12.1 Å². The Morgan fingerprint density at radius 3 is 2.71 bits per heavy atom. The van der Waals surface area contributed by atoms with Crippen molar-refractivity contribution in [3.63, 3.8) is 0 Å². The summed E-state index contributed by atoms with van der Waals surface area (Å²) in [6, 6.07) is 12.7. The molecule has 28 heavy (non-hydrogen) atoms. The minimum Gasteiger partial charge on any atom is -0.493 e. The normalized spacial score (nSPS) is 11.4. The van der Waals surface area contributed by atoms with E-state index in [9.17, 15) is 13.2 Å². The van der Waals surface area contributed by atoms with E-state index in [0.29, 0.717) is 19.4 Å². The fraction of sp³-hybridized carbons (Fsp3) is 0.238. The second-order valence-electron chi connectivity index (χ2n) is 6.19. The number of para-hydroxylation sites is 2. The Balaban J connectivity index is 1.70. The molecular weight excluding hydrogens is 367 g/mol. The Morgan fingerprint density at radius 2 is 2.00 bits per heavy atom. The molecule has 144 valence electrons. The Bertz CT molecular complexity index is 1030. The lowest BCUT2D eigenvalue weighted by Crippen LogP contribution is -2.11. The molecule has 7 heteroatoms. The van der Waals surface area contributed by atoms with E-state index in [2.05, 4.69) is 11.6 Å². The highest BCUT2D eigenvalue weighted by Crippen LogP contribution is 2.36. The maximum Gasteiger partial charge on any atom is 0.420 e. The van der Waals surface area contributed by atoms with Gasteiger partial charge in [0.1, 0.15) is 11.6 Å². The highest BCUT2D eigenvalue weighted by Gasteiger charge is 2.34. The van der Waals surface area contributed by atoms with Crippen molar-refractivity contribution in [3.05, 3.63) is 72.1 Å². The largest absolute Gasteiger partial charge is 0.493 e. The Morgan fingerprint density at radius 1 is 1.21 bits per heavy atom. The fourth-order valence-electron chi connectivity index (χ4n) is 3.01. The number of nitriles is 1. The summed E-state index contributed by atoms with van der Waals surface area (Å²) in [7, 11) is 0. The maximum absolute atomic E-state index is 13.2. The number of allylic oxidation sites excluding steroid dienone is 1. The lowest BCUT2D eigenvalue weighted by Gasteiger charge is -2.14. The number of imidazole rings is 1. The van der Waals surface area contributed by atoms with E-state index in [0.717, 1.165) is 22.9 Å². The van der Waals surface area contributed by atoms with Gasteiger partial charge in [-0.25, -0.2) is 4.98 Å². The SMILES string of the molecule is C=CCn1c(CCCOc2ccc(C#N)cc2C(F)(F)F)nc2ccccc21. The van der Waals surface area contributed by atoms with Crippen molar-refractivity contribution in [2.75, 3.05) is 6.61 Å². The van der Waals surface area contributed by atoms with Crippen LogP contribution in [0.1, 0.15) is 23.4 Å². The van der Waals surface area contributed by atoms with E-state index in [-0.39, 0.29) is 17.9 Å². The summed E-state index contributed by atoms with van der Waals surface area (Å²) >= 11 is 0. The average Bonchev–Trinajstić information content (AvgIpc) is 3.02. The first kappa shape index (κ1) is 19.5. The maximum atomic E-state index is 13.2. The van der Waals surface area contributed by atoms with Crippen LogP contribution >= 0.6 is 0 Å². The standard InChI is InChI=1S/C21H18F3N3O/c1-2-11-27-18-7-4-3-6-17(18)26-20(27)8-5-12-28-19-10-9-15(14-25)13-16(19)21(22,23)24/h2-4,6-7,9-10,13H,1,5,8,11-12H2. The monoisotopic (exact) mass is 385 g/mol. The molecule has 0 aliphatic carbocycles. The number of rotatable bonds is 7. The molecule has 0 saturated heterocycles. The van der Waals surface area contributed by atoms with Gasteiger partial charge in [-0.3, -0.25) is 0 Å². The van der Waals surface area contributed by atoms with Gasteiger partial charge in [-0.15, -0.1) is 6.58 Å². The molecule has 0 radical (unpaired) electrons. The first-order valence-corrected chi connectivity index (χ1v) is 8.73. The molecule has 0 unspecified atom stereocenters. The molecule has 4 nitrogen and oxygen atoms in total. The molecule has 1 heterocycles. The van der Waals surface area contributed by atoms with Crippen LogP contribution in [-0.4, -0.2) is 16.2 Å². The van der Waals surface area contributed by atoms with Crippen molar-refractivity contribution in [3.8, 4) is 11.8 Å². The topological polar surface area (TPSA) is 50.8 Å². The molecule has 2 aromatic carbocycles. The fourth-order valence-corrected chi connectivity index (χ4v) is 3.01. The van der Waals surface area contributed by atoms with Crippen LogP contribution in [0.2, 0.25) is 0 Å². The van der Waals surface area contributed by atoms with E-state index in [4.69, 9.17) is 10.00 Å². The third-order valence-corrected chi connectivity index (χ3v) is 4.26. The highest BCUT2D eigenvalue weighted by molar-refractivity contribution is 5.75. The van der Waals surface area contributed by atoms with Gasteiger partial charge in [-0.05, 0) is 36.8 Å². The van der Waals surface area contributed by atoms with Crippen molar-refractivity contribution in [2.45, 2.75) is 25.6 Å². The summed E-state index contributed by atoms with van der Waals surface area (Å²) in [5.74, 6) is 0.562. The number of nitrogens with zero attached hydrogens (tertiary/aromatic N) is 3. The van der Waals surface area contributed by atoms with Crippen molar-refractivity contribution < 1.29 is 17.9 Å². The van der Waals surface area contributed by atoms with Crippen LogP contribution in [0.4, 0.5) is 13.2 Å². The predicted molar refractivity (Wildman–Crippen MR) is 99.9 cm³/mol. The number of alkyl halides is 3. The second kappa shape index (κ2) is 8.17. The molecule has 1 aromatic heterocycles. The van der Waals surface area contributed by atoms with Crippen molar-refractivity contribution in [1.82, 2.24) is 9.55 Å². The third-order valence-electron chi connectivity index (χ3n) is 4.26. The van der Waals surface area contributed by atoms with Crippen LogP contribution in [0.25, 0.3) is 11.0 Å². The Labute approximate surface area is 160 Å². The van der Waals surface area contributed by atoms with E-state index in [1.807, 2.05) is 28.8 Å². The van der Waals surface area contributed by atoms with Gasteiger partial charge in [0, 0.05) is 13.0 Å². The molecule has 0 spiro atoms. The van der Waals surface area contributed by atoms with Crippen molar-refractivity contribution in [1.29, 1.82) is 5.26 Å². The molecule has 0 aliphatic rings. The summed E-state index contributed by atoms with van der Waals surface area (Å²) in [6.07, 6.45) is -1.75. The number of aryl methyl sites for hydroxylation is 1. The minimum absolute atomic E-state index is 0.0576. The average molecular weight is 385 g/mol. The van der Waals surface area contributed by atoms with Crippen LogP contribution in [-0.2, 0) is 19.1 Å². The predicted octanol–water partition coefficient (Wildman–Crippen LogP) is 5.12. The van der Waals surface area contributed by atoms with Crippen LogP contribution in [0, 0.1) is 11.3 Å². The van der Waals surface area contributed by atoms with E-state index >= 15 is 0 Å². The van der Waals surface area contributed by atoms with Gasteiger partial charge in [0.25, 0.3) is 0 Å². The molecule has 0 atom stereocenters. The summed E-state index contributed by atoms with van der Waals surface area (Å²) < 4.78 is 47.0. The zero-order valence-corrected chi connectivity index (χ0v) is 15.0. The first-order valence-electron chi connectivity index (χ1n) is 8.73. The summed E-state index contributed by atoms with van der Waals surface area (Å²) in [5, 5.41) is 8.81. The number of ether oxygens (including phenoxy) is 1. The quantitative estimate of drug-likeness (QED) is 0.419. The Hall–Kier alpha value is -3.27. The second-order valence-corrected chi connectivity index (χ2v) is 6.19. The zero-order valence-electron chi connectivity index (χ0n) is 15.0. The van der Waals surface area contributed by atoms with Crippen molar-refractivity contribution in [2.24, 2.45) is 0 Å². The number of benzene rings is 2. The van der Waals surface area contributed by atoms with Gasteiger partial charge in [0.05, 0.1) is 34.8 Å². The van der Waals surface area contributed by atoms with E-state index in [1.54, 1.807) is 12.1 Å². The van der Waals surface area contributed by atoms with Crippen LogP contribution < -0.4 is 4.74 Å². The van der Waals surface area contributed by atoms with Crippen molar-refractivity contribution >= 4 is 11.0 Å². The lowest BCUT2D eigenvalue weighted by molar-refractivity contribution is -0.139. The molecule has 0 bridgehead atoms. The third kappa shape index (κ3) is 4.17. The van der Waals surface area contributed by atoms with Gasteiger partial charge in [0.2, 0.25) is 0 Å². The summed E-state index contributed by atoms with van der Waals surface area (Å²) in [6.45, 7) is 4.47. The number of halogens is 3. The number of hydrogen-bond acceptors (Lipinski definition) is 3. The lowest BCUT2D eigenvalue weighted by atomic mass is 10.1. The molecule has 0 amide bonds. The number of fused-ring (bicyclic) bond motifs is 1. The smallest absolute Gasteiger partial charge is 0.420 e.